The van der Waals surface area contributed by atoms with Crippen molar-refractivity contribution in [2.75, 3.05) is 0 Å². The zero-order chi connectivity index (χ0) is 15.0. The molecule has 0 bridgehead atoms. The molecule has 1 amide bonds. The van der Waals surface area contributed by atoms with Crippen LogP contribution in [0.4, 0.5) is 0 Å². The molecule has 21 heavy (non-hydrogen) atoms. The first-order chi connectivity index (χ1) is 10.0. The Labute approximate surface area is 141 Å². The highest BCUT2D eigenvalue weighted by Crippen LogP contribution is 2.37. The third-order valence-electron chi connectivity index (χ3n) is 3.68. The molecule has 1 aliphatic rings. The minimum Gasteiger partial charge on any atom is -0.344 e. The quantitative estimate of drug-likeness (QED) is 0.767. The highest BCUT2D eigenvalue weighted by atomic mass is 79.9. The van der Waals surface area contributed by atoms with Gasteiger partial charge in [0.25, 0.3) is 5.91 Å². The minimum absolute atomic E-state index is 0.0277. The number of halogens is 2. The summed E-state index contributed by atoms with van der Waals surface area (Å²) in [5.74, 6) is -0.0277. The van der Waals surface area contributed by atoms with E-state index in [1.807, 2.05) is 43.5 Å². The first kappa shape index (κ1) is 14.9. The summed E-state index contributed by atoms with van der Waals surface area (Å²) in [6.45, 7) is 2.00. The molecule has 5 heteroatoms. The number of hydrogen-bond donors (Lipinski definition) is 1. The Kier molecular flexibility index (Phi) is 4.22. The lowest BCUT2D eigenvalue weighted by Crippen LogP contribution is -2.28. The second-order valence-electron chi connectivity index (χ2n) is 5.43. The second-order valence-corrected chi connectivity index (χ2v) is 7.26. The smallest absolute Gasteiger partial charge is 0.268 e. The predicted molar refractivity (Wildman–Crippen MR) is 90.4 cm³/mol. The van der Waals surface area contributed by atoms with Gasteiger partial charge in [0.15, 0.2) is 0 Å². The molecule has 1 atom stereocenters. The lowest BCUT2D eigenvalue weighted by Gasteiger charge is -2.15. The van der Waals surface area contributed by atoms with E-state index < -0.39 is 0 Å². The molecule has 0 aliphatic heterocycles. The maximum absolute atomic E-state index is 12.5. The normalized spacial score (nSPS) is 15.8. The molecule has 0 saturated heterocycles. The average Bonchev–Trinajstić information content (AvgIpc) is 3.21. The highest BCUT2D eigenvalue weighted by Gasteiger charge is 2.28. The summed E-state index contributed by atoms with van der Waals surface area (Å²) in [6.07, 6.45) is 4.31. The van der Waals surface area contributed by atoms with Gasteiger partial charge in [-0.3, -0.25) is 4.79 Å². The molecule has 1 aliphatic carbocycles. The molecule has 1 saturated carbocycles. The van der Waals surface area contributed by atoms with Gasteiger partial charge in [0.05, 0.1) is 6.04 Å². The monoisotopic (exact) mass is 410 g/mol. The molecule has 1 aromatic carbocycles. The second kappa shape index (κ2) is 5.97. The van der Waals surface area contributed by atoms with Crippen LogP contribution in [-0.2, 0) is 0 Å². The van der Waals surface area contributed by atoms with E-state index in [0.717, 1.165) is 33.0 Å². The Morgan fingerprint density at radius 2 is 2.05 bits per heavy atom. The van der Waals surface area contributed by atoms with Crippen LogP contribution in [0.25, 0.3) is 0 Å². The van der Waals surface area contributed by atoms with Crippen molar-refractivity contribution in [3.8, 4) is 0 Å². The fourth-order valence-electron chi connectivity index (χ4n) is 2.41. The van der Waals surface area contributed by atoms with Crippen LogP contribution in [0, 0.1) is 0 Å². The standard InChI is InChI=1S/C16H16Br2N2O/c1-10(11-3-2-4-12(17)7-11)19-16(21)15-8-13(18)9-20(15)14-5-6-14/h2-4,7-10,14H,5-6H2,1H3,(H,19,21). The molecular formula is C16H16Br2N2O. The molecule has 0 radical (unpaired) electrons. The van der Waals surface area contributed by atoms with Crippen LogP contribution >= 0.6 is 31.9 Å². The van der Waals surface area contributed by atoms with Crippen molar-refractivity contribution in [2.24, 2.45) is 0 Å². The van der Waals surface area contributed by atoms with Crippen LogP contribution in [-0.4, -0.2) is 10.5 Å². The lowest BCUT2D eigenvalue weighted by molar-refractivity contribution is 0.0930. The number of carbonyl (C=O) groups is 1. The maximum Gasteiger partial charge on any atom is 0.268 e. The average molecular weight is 412 g/mol. The van der Waals surface area contributed by atoms with Crippen molar-refractivity contribution in [3.63, 3.8) is 0 Å². The topological polar surface area (TPSA) is 34.0 Å². The Morgan fingerprint density at radius 1 is 1.29 bits per heavy atom. The molecule has 1 heterocycles. The van der Waals surface area contributed by atoms with Gasteiger partial charge in [-0.1, -0.05) is 28.1 Å². The van der Waals surface area contributed by atoms with Gasteiger partial charge in [0, 0.05) is 21.2 Å². The van der Waals surface area contributed by atoms with Crippen molar-refractivity contribution in [1.82, 2.24) is 9.88 Å². The maximum atomic E-state index is 12.5. The minimum atomic E-state index is -0.0312. The van der Waals surface area contributed by atoms with E-state index in [0.29, 0.717) is 6.04 Å². The molecule has 1 N–H and O–H groups in total. The first-order valence-electron chi connectivity index (χ1n) is 6.98. The largest absolute Gasteiger partial charge is 0.344 e. The van der Waals surface area contributed by atoms with Crippen molar-refractivity contribution in [1.29, 1.82) is 0 Å². The van der Waals surface area contributed by atoms with Crippen LogP contribution in [0.3, 0.4) is 0 Å². The van der Waals surface area contributed by atoms with Crippen LogP contribution in [0.2, 0.25) is 0 Å². The van der Waals surface area contributed by atoms with Crippen LogP contribution in [0.5, 0.6) is 0 Å². The number of nitrogens with zero attached hydrogens (tertiary/aromatic N) is 1. The molecule has 1 aromatic heterocycles. The SMILES string of the molecule is CC(NC(=O)c1cc(Br)cn1C1CC1)c1cccc(Br)c1. The Hall–Kier alpha value is -1.07. The molecule has 3 rings (SSSR count). The Morgan fingerprint density at radius 3 is 2.71 bits per heavy atom. The summed E-state index contributed by atoms with van der Waals surface area (Å²) in [7, 11) is 0. The van der Waals surface area contributed by atoms with Gasteiger partial charge in [0.2, 0.25) is 0 Å². The van der Waals surface area contributed by atoms with Gasteiger partial charge in [-0.25, -0.2) is 0 Å². The summed E-state index contributed by atoms with van der Waals surface area (Å²) >= 11 is 6.92. The van der Waals surface area contributed by atoms with Crippen LogP contribution in [0.1, 0.15) is 47.9 Å². The summed E-state index contributed by atoms with van der Waals surface area (Å²) in [5.41, 5.74) is 1.81. The number of hydrogen-bond acceptors (Lipinski definition) is 1. The zero-order valence-electron chi connectivity index (χ0n) is 11.6. The van der Waals surface area contributed by atoms with Crippen molar-refractivity contribution in [2.45, 2.75) is 31.8 Å². The molecule has 0 spiro atoms. The van der Waals surface area contributed by atoms with E-state index in [9.17, 15) is 4.79 Å². The van der Waals surface area contributed by atoms with E-state index in [1.165, 1.54) is 0 Å². The molecule has 1 fully saturated rings. The summed E-state index contributed by atoms with van der Waals surface area (Å²) in [5, 5.41) is 3.07. The summed E-state index contributed by atoms with van der Waals surface area (Å²) in [6, 6.07) is 10.3. The zero-order valence-corrected chi connectivity index (χ0v) is 14.8. The lowest BCUT2D eigenvalue weighted by atomic mass is 10.1. The highest BCUT2D eigenvalue weighted by molar-refractivity contribution is 9.10. The molecule has 3 nitrogen and oxygen atoms in total. The number of carbonyl (C=O) groups excluding carboxylic acids is 1. The van der Waals surface area contributed by atoms with E-state index >= 15 is 0 Å². The van der Waals surface area contributed by atoms with Gasteiger partial charge in [0.1, 0.15) is 5.69 Å². The molecular weight excluding hydrogens is 396 g/mol. The van der Waals surface area contributed by atoms with Crippen molar-refractivity contribution < 1.29 is 4.79 Å². The van der Waals surface area contributed by atoms with Gasteiger partial charge in [-0.2, -0.15) is 0 Å². The Balaban J connectivity index is 1.77. The van der Waals surface area contributed by atoms with Crippen molar-refractivity contribution >= 4 is 37.8 Å². The number of rotatable bonds is 4. The van der Waals surface area contributed by atoms with Gasteiger partial charge in [-0.05, 0) is 59.5 Å². The summed E-state index contributed by atoms with van der Waals surface area (Å²) < 4.78 is 4.05. The summed E-state index contributed by atoms with van der Waals surface area (Å²) in [4.78, 5) is 12.5. The van der Waals surface area contributed by atoms with Crippen molar-refractivity contribution in [3.05, 3.63) is 56.7 Å². The number of benzene rings is 1. The van der Waals surface area contributed by atoms with E-state index in [-0.39, 0.29) is 11.9 Å². The van der Waals surface area contributed by atoms with Crippen LogP contribution in [0.15, 0.2) is 45.5 Å². The molecule has 1 unspecified atom stereocenters. The molecule has 110 valence electrons. The molecule has 2 aromatic rings. The Bertz CT molecular complexity index is 677. The van der Waals surface area contributed by atoms with Gasteiger partial charge >= 0.3 is 0 Å². The number of amides is 1. The van der Waals surface area contributed by atoms with E-state index in [4.69, 9.17) is 0 Å². The van der Waals surface area contributed by atoms with Gasteiger partial charge in [-0.15, -0.1) is 0 Å². The number of nitrogens with one attached hydrogen (secondary N) is 1. The van der Waals surface area contributed by atoms with E-state index in [2.05, 4.69) is 41.7 Å². The predicted octanol–water partition coefficient (Wildman–Crippen LogP) is 4.84. The van der Waals surface area contributed by atoms with Gasteiger partial charge < -0.3 is 9.88 Å². The first-order valence-corrected chi connectivity index (χ1v) is 8.57. The third kappa shape index (κ3) is 3.40. The van der Waals surface area contributed by atoms with Crippen LogP contribution < -0.4 is 5.32 Å². The third-order valence-corrected chi connectivity index (χ3v) is 4.61. The fourth-order valence-corrected chi connectivity index (χ4v) is 3.27. The van der Waals surface area contributed by atoms with E-state index in [1.54, 1.807) is 0 Å². The number of aromatic nitrogens is 1. The fraction of sp³-hybridized carbons (Fsp3) is 0.312.